The summed E-state index contributed by atoms with van der Waals surface area (Å²) in [5, 5.41) is 2.97. The summed E-state index contributed by atoms with van der Waals surface area (Å²) in [4.78, 5) is 16.7. The van der Waals surface area contributed by atoms with Crippen molar-refractivity contribution in [3.05, 3.63) is 29.8 Å². The predicted molar refractivity (Wildman–Crippen MR) is 86.1 cm³/mol. The summed E-state index contributed by atoms with van der Waals surface area (Å²) in [5.74, 6) is 0.0253. The first-order valence-corrected chi connectivity index (χ1v) is 7.56. The first-order chi connectivity index (χ1) is 10.1. The van der Waals surface area contributed by atoms with Crippen LogP contribution in [0, 0.1) is 0 Å². The molecule has 0 saturated carbocycles. The van der Waals surface area contributed by atoms with Crippen LogP contribution in [0.1, 0.15) is 18.4 Å². The molecule has 1 aromatic carbocycles. The zero-order valence-corrected chi connectivity index (χ0v) is 13.0. The SMILES string of the molecule is CN1CCC(N(C)CC(=O)Nc2ccccc2CN)CC1. The Bertz CT molecular complexity index is 469. The lowest BCUT2D eigenvalue weighted by atomic mass is 10.0. The third-order valence-corrected chi connectivity index (χ3v) is 4.22. The highest BCUT2D eigenvalue weighted by atomic mass is 16.2. The van der Waals surface area contributed by atoms with E-state index in [1.807, 2.05) is 31.3 Å². The van der Waals surface area contributed by atoms with E-state index in [2.05, 4.69) is 22.2 Å². The van der Waals surface area contributed by atoms with Gasteiger partial charge in [0.05, 0.1) is 6.54 Å². The zero-order chi connectivity index (χ0) is 15.2. The van der Waals surface area contributed by atoms with E-state index in [1.165, 1.54) is 0 Å². The second-order valence-corrected chi connectivity index (χ2v) is 5.86. The summed E-state index contributed by atoms with van der Waals surface area (Å²) in [5.41, 5.74) is 7.48. The maximum absolute atomic E-state index is 12.2. The molecule has 21 heavy (non-hydrogen) atoms. The van der Waals surface area contributed by atoms with Crippen LogP contribution in [0.2, 0.25) is 0 Å². The van der Waals surface area contributed by atoms with Crippen molar-refractivity contribution in [3.8, 4) is 0 Å². The number of hydrogen-bond acceptors (Lipinski definition) is 4. The second kappa shape index (κ2) is 7.54. The molecular formula is C16H26N4O. The van der Waals surface area contributed by atoms with Crippen LogP contribution in [-0.2, 0) is 11.3 Å². The van der Waals surface area contributed by atoms with Gasteiger partial charge in [-0.05, 0) is 51.7 Å². The molecule has 0 unspecified atom stereocenters. The smallest absolute Gasteiger partial charge is 0.238 e. The number of hydrogen-bond donors (Lipinski definition) is 2. The number of piperidine rings is 1. The minimum Gasteiger partial charge on any atom is -0.326 e. The number of carbonyl (C=O) groups excluding carboxylic acids is 1. The van der Waals surface area contributed by atoms with Gasteiger partial charge in [0.1, 0.15) is 0 Å². The molecule has 0 bridgehead atoms. The molecule has 1 fully saturated rings. The van der Waals surface area contributed by atoms with E-state index < -0.39 is 0 Å². The molecule has 0 aromatic heterocycles. The van der Waals surface area contributed by atoms with E-state index in [0.717, 1.165) is 37.2 Å². The number of likely N-dealkylation sites (N-methyl/N-ethyl adjacent to an activating group) is 1. The van der Waals surface area contributed by atoms with Crippen LogP contribution in [-0.4, -0.2) is 55.5 Å². The van der Waals surface area contributed by atoms with Crippen LogP contribution >= 0.6 is 0 Å². The molecule has 5 nitrogen and oxygen atoms in total. The van der Waals surface area contributed by atoms with Gasteiger partial charge in [0.15, 0.2) is 0 Å². The first kappa shape index (κ1) is 15.9. The number of likely N-dealkylation sites (tertiary alicyclic amines) is 1. The molecule has 116 valence electrons. The Morgan fingerprint density at radius 2 is 2.05 bits per heavy atom. The number of para-hydroxylation sites is 1. The zero-order valence-electron chi connectivity index (χ0n) is 13.0. The minimum atomic E-state index is 0.0253. The molecule has 1 amide bonds. The number of benzene rings is 1. The van der Waals surface area contributed by atoms with E-state index in [9.17, 15) is 4.79 Å². The Labute approximate surface area is 127 Å². The van der Waals surface area contributed by atoms with Crippen molar-refractivity contribution in [2.24, 2.45) is 5.73 Å². The normalized spacial score (nSPS) is 17.1. The predicted octanol–water partition coefficient (Wildman–Crippen LogP) is 1.11. The van der Waals surface area contributed by atoms with Gasteiger partial charge in [0.2, 0.25) is 5.91 Å². The standard InChI is InChI=1S/C16H26N4O/c1-19-9-7-14(8-10-19)20(2)12-16(21)18-15-6-4-3-5-13(15)11-17/h3-6,14H,7-12,17H2,1-2H3,(H,18,21). The van der Waals surface area contributed by atoms with Gasteiger partial charge in [-0.3, -0.25) is 9.69 Å². The van der Waals surface area contributed by atoms with Crippen LogP contribution in [0.5, 0.6) is 0 Å². The second-order valence-electron chi connectivity index (χ2n) is 5.86. The fourth-order valence-electron chi connectivity index (χ4n) is 2.80. The van der Waals surface area contributed by atoms with E-state index in [4.69, 9.17) is 5.73 Å². The van der Waals surface area contributed by atoms with Gasteiger partial charge in [0.25, 0.3) is 0 Å². The van der Waals surface area contributed by atoms with Gasteiger partial charge < -0.3 is 16.0 Å². The molecule has 3 N–H and O–H groups in total. The maximum atomic E-state index is 12.2. The highest BCUT2D eigenvalue weighted by Crippen LogP contribution is 2.16. The molecule has 5 heteroatoms. The number of nitrogens with two attached hydrogens (primary N) is 1. The lowest BCUT2D eigenvalue weighted by molar-refractivity contribution is -0.117. The Kier molecular flexibility index (Phi) is 5.73. The molecule has 1 aliphatic rings. The van der Waals surface area contributed by atoms with Crippen LogP contribution in [0.25, 0.3) is 0 Å². The Balaban J connectivity index is 1.86. The highest BCUT2D eigenvalue weighted by Gasteiger charge is 2.22. The van der Waals surface area contributed by atoms with Gasteiger partial charge in [-0.2, -0.15) is 0 Å². The molecular weight excluding hydrogens is 264 g/mol. The summed E-state index contributed by atoms with van der Waals surface area (Å²) < 4.78 is 0. The maximum Gasteiger partial charge on any atom is 0.238 e. The third kappa shape index (κ3) is 4.52. The van der Waals surface area contributed by atoms with Gasteiger partial charge in [-0.15, -0.1) is 0 Å². The lowest BCUT2D eigenvalue weighted by Gasteiger charge is -2.34. The van der Waals surface area contributed by atoms with E-state index >= 15 is 0 Å². The van der Waals surface area contributed by atoms with E-state index in [1.54, 1.807) is 0 Å². The van der Waals surface area contributed by atoms with E-state index in [0.29, 0.717) is 19.1 Å². The number of anilines is 1. The van der Waals surface area contributed by atoms with Crippen molar-refractivity contribution in [2.75, 3.05) is 39.0 Å². The van der Waals surface area contributed by atoms with Crippen molar-refractivity contribution in [1.82, 2.24) is 9.80 Å². The van der Waals surface area contributed by atoms with Crippen molar-refractivity contribution >= 4 is 11.6 Å². The Hall–Kier alpha value is -1.43. The molecule has 0 aliphatic carbocycles. The quantitative estimate of drug-likeness (QED) is 0.853. The summed E-state index contributed by atoms with van der Waals surface area (Å²) >= 11 is 0. The fraction of sp³-hybridized carbons (Fsp3) is 0.562. The van der Waals surface area contributed by atoms with Gasteiger partial charge in [-0.25, -0.2) is 0 Å². The third-order valence-electron chi connectivity index (χ3n) is 4.22. The first-order valence-electron chi connectivity index (χ1n) is 7.56. The molecule has 1 aliphatic heterocycles. The summed E-state index contributed by atoms with van der Waals surface area (Å²) in [6, 6.07) is 8.18. The number of nitrogens with one attached hydrogen (secondary N) is 1. The van der Waals surface area contributed by atoms with Crippen molar-refractivity contribution in [1.29, 1.82) is 0 Å². The number of rotatable bonds is 5. The minimum absolute atomic E-state index is 0.0253. The average Bonchev–Trinajstić information content (AvgIpc) is 2.48. The number of nitrogens with zero attached hydrogens (tertiary/aromatic N) is 2. The molecule has 1 saturated heterocycles. The average molecular weight is 290 g/mol. The molecule has 1 aromatic rings. The van der Waals surface area contributed by atoms with Gasteiger partial charge in [0, 0.05) is 18.3 Å². The highest BCUT2D eigenvalue weighted by molar-refractivity contribution is 5.93. The molecule has 2 rings (SSSR count). The number of carbonyl (C=O) groups is 1. The van der Waals surface area contributed by atoms with Crippen LogP contribution < -0.4 is 11.1 Å². The number of amides is 1. The van der Waals surface area contributed by atoms with E-state index in [-0.39, 0.29) is 5.91 Å². The molecule has 0 spiro atoms. The van der Waals surface area contributed by atoms with Gasteiger partial charge >= 0.3 is 0 Å². The Morgan fingerprint density at radius 3 is 2.71 bits per heavy atom. The van der Waals surface area contributed by atoms with Crippen molar-refractivity contribution < 1.29 is 4.79 Å². The van der Waals surface area contributed by atoms with Crippen LogP contribution in [0.4, 0.5) is 5.69 Å². The fourth-order valence-corrected chi connectivity index (χ4v) is 2.80. The summed E-state index contributed by atoms with van der Waals surface area (Å²) in [6.45, 7) is 3.06. The van der Waals surface area contributed by atoms with Gasteiger partial charge in [-0.1, -0.05) is 18.2 Å². The summed E-state index contributed by atoms with van der Waals surface area (Å²) in [7, 11) is 4.18. The monoisotopic (exact) mass is 290 g/mol. The molecule has 0 radical (unpaired) electrons. The lowest BCUT2D eigenvalue weighted by Crippen LogP contribution is -2.44. The molecule has 0 atom stereocenters. The largest absolute Gasteiger partial charge is 0.326 e. The molecule has 1 heterocycles. The van der Waals surface area contributed by atoms with Crippen molar-refractivity contribution in [3.63, 3.8) is 0 Å². The Morgan fingerprint density at radius 1 is 1.38 bits per heavy atom. The van der Waals surface area contributed by atoms with Crippen molar-refractivity contribution in [2.45, 2.75) is 25.4 Å². The van der Waals surface area contributed by atoms with Crippen LogP contribution in [0.3, 0.4) is 0 Å². The summed E-state index contributed by atoms with van der Waals surface area (Å²) in [6.07, 6.45) is 2.25. The van der Waals surface area contributed by atoms with Crippen LogP contribution in [0.15, 0.2) is 24.3 Å². The topological polar surface area (TPSA) is 61.6 Å².